The minimum absolute atomic E-state index is 0.217. The zero-order chi connectivity index (χ0) is 16.2. The Morgan fingerprint density at radius 2 is 1.91 bits per heavy atom. The first-order valence-corrected chi connectivity index (χ1v) is 7.85. The number of aliphatic hydroxyl groups excluding tert-OH is 1. The van der Waals surface area contributed by atoms with Gasteiger partial charge in [-0.15, -0.1) is 0 Å². The van der Waals surface area contributed by atoms with Crippen molar-refractivity contribution >= 4 is 17.5 Å². The minimum atomic E-state index is -0.426. The molecule has 23 heavy (non-hydrogen) atoms. The number of nitrogens with zero attached hydrogens (tertiary/aromatic N) is 3. The summed E-state index contributed by atoms with van der Waals surface area (Å²) in [5, 5.41) is 9.56. The first-order valence-electron chi connectivity index (χ1n) is 7.47. The Kier molecular flexibility index (Phi) is 4.95. The quantitative estimate of drug-likeness (QED) is 0.919. The van der Waals surface area contributed by atoms with Crippen molar-refractivity contribution < 1.29 is 14.3 Å². The highest BCUT2D eigenvalue weighted by molar-refractivity contribution is 6.30. The molecule has 1 saturated heterocycles. The van der Waals surface area contributed by atoms with Crippen molar-refractivity contribution in [2.45, 2.75) is 6.54 Å². The van der Waals surface area contributed by atoms with Gasteiger partial charge in [0.2, 0.25) is 11.8 Å². The molecule has 1 aliphatic heterocycles. The van der Waals surface area contributed by atoms with Gasteiger partial charge in [0.15, 0.2) is 5.76 Å². The van der Waals surface area contributed by atoms with E-state index in [2.05, 4.69) is 9.88 Å². The number of amides is 1. The van der Waals surface area contributed by atoms with E-state index in [0.29, 0.717) is 36.3 Å². The summed E-state index contributed by atoms with van der Waals surface area (Å²) in [5.74, 6) is 1.15. The molecule has 0 spiro atoms. The molecule has 2 heterocycles. The Bertz CT molecular complexity index is 663. The van der Waals surface area contributed by atoms with Gasteiger partial charge in [-0.05, 0) is 24.3 Å². The predicted molar refractivity (Wildman–Crippen MR) is 85.9 cm³/mol. The Labute approximate surface area is 139 Å². The van der Waals surface area contributed by atoms with Crippen LogP contribution in [0.2, 0.25) is 5.02 Å². The van der Waals surface area contributed by atoms with Crippen LogP contribution >= 0.6 is 11.6 Å². The summed E-state index contributed by atoms with van der Waals surface area (Å²) in [7, 11) is 0. The van der Waals surface area contributed by atoms with Gasteiger partial charge < -0.3 is 14.4 Å². The normalized spacial score (nSPS) is 15.8. The highest BCUT2D eigenvalue weighted by atomic mass is 35.5. The van der Waals surface area contributed by atoms with Crippen molar-refractivity contribution in [3.05, 3.63) is 41.4 Å². The van der Waals surface area contributed by atoms with Gasteiger partial charge in [0.1, 0.15) is 6.61 Å². The third-order valence-electron chi connectivity index (χ3n) is 3.90. The van der Waals surface area contributed by atoms with E-state index in [-0.39, 0.29) is 5.91 Å². The summed E-state index contributed by atoms with van der Waals surface area (Å²) in [6.45, 7) is 2.89. The Hall–Kier alpha value is -1.89. The van der Waals surface area contributed by atoms with E-state index < -0.39 is 6.61 Å². The summed E-state index contributed by atoms with van der Waals surface area (Å²) < 4.78 is 5.79. The van der Waals surface area contributed by atoms with Crippen LogP contribution in [0, 0.1) is 0 Å². The van der Waals surface area contributed by atoms with Gasteiger partial charge in [-0.2, -0.15) is 0 Å². The number of hydrogen-bond donors (Lipinski definition) is 1. The van der Waals surface area contributed by atoms with E-state index in [4.69, 9.17) is 21.1 Å². The second-order valence-corrected chi connectivity index (χ2v) is 5.88. The highest BCUT2D eigenvalue weighted by Gasteiger charge is 2.21. The molecule has 0 aliphatic carbocycles. The SMILES string of the molecule is O=C(CO)N1CCN(Cc2ncc(-c3ccc(Cl)cc3)o2)CC1. The molecule has 0 saturated carbocycles. The maximum atomic E-state index is 11.4. The van der Waals surface area contributed by atoms with Crippen LogP contribution in [0.3, 0.4) is 0 Å². The van der Waals surface area contributed by atoms with Crippen molar-refractivity contribution in [3.63, 3.8) is 0 Å². The molecule has 1 amide bonds. The van der Waals surface area contributed by atoms with E-state index in [1.165, 1.54) is 0 Å². The van der Waals surface area contributed by atoms with E-state index in [0.717, 1.165) is 18.7 Å². The first kappa shape index (κ1) is 16.0. The summed E-state index contributed by atoms with van der Waals surface area (Å²) in [4.78, 5) is 19.6. The molecule has 0 unspecified atom stereocenters. The van der Waals surface area contributed by atoms with Crippen LogP contribution in [0.25, 0.3) is 11.3 Å². The fraction of sp³-hybridized carbons (Fsp3) is 0.375. The number of piperazine rings is 1. The molecule has 0 radical (unpaired) electrons. The van der Waals surface area contributed by atoms with Crippen molar-refractivity contribution in [2.24, 2.45) is 0 Å². The number of halogens is 1. The van der Waals surface area contributed by atoms with Crippen molar-refractivity contribution in [1.29, 1.82) is 0 Å². The first-order chi connectivity index (χ1) is 11.2. The molecule has 1 fully saturated rings. The van der Waals surface area contributed by atoms with Crippen LogP contribution in [0.5, 0.6) is 0 Å². The van der Waals surface area contributed by atoms with Gasteiger partial charge in [-0.1, -0.05) is 11.6 Å². The van der Waals surface area contributed by atoms with Gasteiger partial charge in [-0.25, -0.2) is 4.98 Å². The molecule has 1 aromatic carbocycles. The third kappa shape index (κ3) is 3.90. The zero-order valence-electron chi connectivity index (χ0n) is 12.6. The lowest BCUT2D eigenvalue weighted by molar-refractivity contribution is -0.136. The van der Waals surface area contributed by atoms with Crippen LogP contribution in [0.4, 0.5) is 0 Å². The molecule has 1 N–H and O–H groups in total. The maximum Gasteiger partial charge on any atom is 0.248 e. The molecule has 1 aromatic heterocycles. The Balaban J connectivity index is 1.58. The molecule has 0 bridgehead atoms. The number of benzene rings is 1. The van der Waals surface area contributed by atoms with E-state index in [1.54, 1.807) is 11.1 Å². The molecule has 3 rings (SSSR count). The lowest BCUT2D eigenvalue weighted by atomic mass is 10.2. The lowest BCUT2D eigenvalue weighted by Crippen LogP contribution is -2.49. The van der Waals surface area contributed by atoms with Gasteiger partial charge >= 0.3 is 0 Å². The van der Waals surface area contributed by atoms with E-state index >= 15 is 0 Å². The highest BCUT2D eigenvalue weighted by Crippen LogP contribution is 2.23. The number of aromatic nitrogens is 1. The van der Waals surface area contributed by atoms with Crippen molar-refractivity contribution in [3.8, 4) is 11.3 Å². The average molecular weight is 336 g/mol. The number of aliphatic hydroxyl groups is 1. The molecular weight excluding hydrogens is 318 g/mol. The van der Waals surface area contributed by atoms with Crippen LogP contribution in [0.15, 0.2) is 34.9 Å². The monoisotopic (exact) mass is 335 g/mol. The molecule has 0 atom stereocenters. The Morgan fingerprint density at radius 1 is 1.22 bits per heavy atom. The number of hydrogen-bond acceptors (Lipinski definition) is 5. The molecular formula is C16H18ClN3O3. The number of carbonyl (C=O) groups is 1. The zero-order valence-corrected chi connectivity index (χ0v) is 13.4. The molecule has 6 nitrogen and oxygen atoms in total. The van der Waals surface area contributed by atoms with Crippen LogP contribution in [-0.4, -0.2) is 58.6 Å². The van der Waals surface area contributed by atoms with E-state index in [1.807, 2.05) is 24.3 Å². The number of rotatable bonds is 4. The smallest absolute Gasteiger partial charge is 0.248 e. The second kappa shape index (κ2) is 7.12. The van der Waals surface area contributed by atoms with Gasteiger partial charge in [0, 0.05) is 36.8 Å². The van der Waals surface area contributed by atoms with Crippen LogP contribution in [-0.2, 0) is 11.3 Å². The van der Waals surface area contributed by atoms with Gasteiger partial charge in [0.05, 0.1) is 12.7 Å². The summed E-state index contributed by atoms with van der Waals surface area (Å²) in [6, 6.07) is 7.42. The number of carbonyl (C=O) groups excluding carboxylic acids is 1. The predicted octanol–water partition coefficient (Wildman–Crippen LogP) is 1.63. The molecule has 7 heteroatoms. The summed E-state index contributed by atoms with van der Waals surface area (Å²) >= 11 is 5.88. The molecule has 1 aliphatic rings. The molecule has 2 aromatic rings. The maximum absolute atomic E-state index is 11.4. The van der Waals surface area contributed by atoms with Crippen molar-refractivity contribution in [2.75, 3.05) is 32.8 Å². The number of oxazole rings is 1. The van der Waals surface area contributed by atoms with Crippen LogP contribution < -0.4 is 0 Å². The summed E-state index contributed by atoms with van der Waals surface area (Å²) in [6.07, 6.45) is 1.71. The fourth-order valence-corrected chi connectivity index (χ4v) is 2.70. The van der Waals surface area contributed by atoms with E-state index in [9.17, 15) is 4.79 Å². The Morgan fingerprint density at radius 3 is 2.57 bits per heavy atom. The standard InChI is InChI=1S/C16H18ClN3O3/c17-13-3-1-12(2-4-13)14-9-18-15(23-14)10-19-5-7-20(8-6-19)16(22)11-21/h1-4,9,21H,5-8,10-11H2. The lowest BCUT2D eigenvalue weighted by Gasteiger charge is -2.33. The minimum Gasteiger partial charge on any atom is -0.439 e. The van der Waals surface area contributed by atoms with Crippen LogP contribution in [0.1, 0.15) is 5.89 Å². The van der Waals surface area contributed by atoms with Crippen molar-refractivity contribution in [1.82, 2.24) is 14.8 Å². The average Bonchev–Trinajstić information content (AvgIpc) is 3.04. The van der Waals surface area contributed by atoms with Gasteiger partial charge in [-0.3, -0.25) is 9.69 Å². The largest absolute Gasteiger partial charge is 0.439 e. The van der Waals surface area contributed by atoms with Gasteiger partial charge in [0.25, 0.3) is 0 Å². The second-order valence-electron chi connectivity index (χ2n) is 5.44. The third-order valence-corrected chi connectivity index (χ3v) is 4.15. The summed E-state index contributed by atoms with van der Waals surface area (Å²) in [5.41, 5.74) is 0.937. The molecule has 122 valence electrons. The fourth-order valence-electron chi connectivity index (χ4n) is 2.58. The topological polar surface area (TPSA) is 69.8 Å².